The van der Waals surface area contributed by atoms with E-state index in [0.717, 1.165) is 28.8 Å². The van der Waals surface area contributed by atoms with Gasteiger partial charge in [0.05, 0.1) is 17.3 Å². The minimum atomic E-state index is -0.318. The number of hydrogen-bond donors (Lipinski definition) is 1. The molecular formula is C21H19ClFN3O. The van der Waals surface area contributed by atoms with E-state index in [2.05, 4.69) is 10.2 Å². The van der Waals surface area contributed by atoms with E-state index in [9.17, 15) is 9.18 Å². The van der Waals surface area contributed by atoms with Crippen LogP contribution in [0.2, 0.25) is 5.02 Å². The number of rotatable bonds is 3. The van der Waals surface area contributed by atoms with Gasteiger partial charge in [-0.15, -0.1) is 0 Å². The van der Waals surface area contributed by atoms with Crippen LogP contribution in [0.15, 0.2) is 48.5 Å². The Hall–Kier alpha value is -2.50. The third kappa shape index (κ3) is 3.66. The molecular weight excluding hydrogens is 365 g/mol. The molecule has 1 aliphatic rings. The van der Waals surface area contributed by atoms with Gasteiger partial charge in [0.2, 0.25) is 5.91 Å². The first-order valence-electron chi connectivity index (χ1n) is 8.88. The largest absolute Gasteiger partial charge is 0.353 e. The van der Waals surface area contributed by atoms with Gasteiger partial charge < -0.3 is 5.32 Å². The molecule has 6 heteroatoms. The van der Waals surface area contributed by atoms with E-state index >= 15 is 0 Å². The zero-order chi connectivity index (χ0) is 19.0. The fraction of sp³-hybridized carbons (Fsp3) is 0.238. The van der Waals surface area contributed by atoms with Gasteiger partial charge in [-0.1, -0.05) is 23.7 Å². The lowest BCUT2D eigenvalue weighted by molar-refractivity contribution is -0.128. The van der Waals surface area contributed by atoms with Crippen LogP contribution < -0.4 is 5.32 Å². The quantitative estimate of drug-likeness (QED) is 0.743. The van der Waals surface area contributed by atoms with Crippen molar-refractivity contribution < 1.29 is 9.18 Å². The second-order valence-electron chi connectivity index (χ2n) is 6.78. The Morgan fingerprint density at radius 1 is 1.26 bits per heavy atom. The standard InChI is InChI=1S/C21H19ClFN3O/c1-13-21(27)24-7-8-26(13)12-16-9-14-5-6-18(23)11-19(14)25-20(16)15-3-2-4-17(22)10-15/h2-6,9-11,13H,7-8,12H2,1H3,(H,24,27). The predicted octanol–water partition coefficient (Wildman–Crippen LogP) is 4.01. The lowest BCUT2D eigenvalue weighted by Crippen LogP contribution is -2.53. The molecule has 1 amide bonds. The van der Waals surface area contributed by atoms with E-state index in [-0.39, 0.29) is 17.8 Å². The van der Waals surface area contributed by atoms with Crippen LogP contribution in [0.4, 0.5) is 4.39 Å². The van der Waals surface area contributed by atoms with Gasteiger partial charge in [0.1, 0.15) is 5.82 Å². The molecule has 1 aromatic heterocycles. The highest BCUT2D eigenvalue weighted by atomic mass is 35.5. The second kappa shape index (κ2) is 7.25. The fourth-order valence-corrected chi connectivity index (χ4v) is 3.65. The van der Waals surface area contributed by atoms with Gasteiger partial charge in [-0.3, -0.25) is 9.69 Å². The van der Waals surface area contributed by atoms with Crippen molar-refractivity contribution in [2.75, 3.05) is 13.1 Å². The molecule has 0 saturated carbocycles. The Balaban J connectivity index is 1.83. The van der Waals surface area contributed by atoms with Crippen molar-refractivity contribution in [1.29, 1.82) is 0 Å². The Bertz CT molecular complexity index is 1020. The summed E-state index contributed by atoms with van der Waals surface area (Å²) in [5.74, 6) is -0.289. The number of carbonyl (C=O) groups excluding carboxylic acids is 1. The maximum Gasteiger partial charge on any atom is 0.237 e. The Morgan fingerprint density at radius 3 is 2.93 bits per heavy atom. The Morgan fingerprint density at radius 2 is 2.11 bits per heavy atom. The third-order valence-corrected chi connectivity index (χ3v) is 5.19. The number of benzene rings is 2. The number of halogens is 2. The highest BCUT2D eigenvalue weighted by molar-refractivity contribution is 6.30. The molecule has 138 valence electrons. The normalized spacial score (nSPS) is 17.9. The van der Waals surface area contributed by atoms with Crippen LogP contribution in [-0.4, -0.2) is 34.9 Å². The van der Waals surface area contributed by atoms with E-state index in [1.165, 1.54) is 12.1 Å². The highest BCUT2D eigenvalue weighted by Crippen LogP contribution is 2.29. The van der Waals surface area contributed by atoms with Gasteiger partial charge >= 0.3 is 0 Å². The summed E-state index contributed by atoms with van der Waals surface area (Å²) in [5.41, 5.74) is 3.21. The first-order valence-corrected chi connectivity index (χ1v) is 9.26. The Kier molecular flexibility index (Phi) is 4.81. The van der Waals surface area contributed by atoms with Crippen LogP contribution in [-0.2, 0) is 11.3 Å². The summed E-state index contributed by atoms with van der Waals surface area (Å²) in [6.07, 6.45) is 0. The minimum Gasteiger partial charge on any atom is -0.353 e. The fourth-order valence-electron chi connectivity index (χ4n) is 3.45. The lowest BCUT2D eigenvalue weighted by atomic mass is 10.0. The van der Waals surface area contributed by atoms with Crippen LogP contribution >= 0.6 is 11.6 Å². The first kappa shape index (κ1) is 17.9. The number of hydrogen-bond acceptors (Lipinski definition) is 3. The van der Waals surface area contributed by atoms with Crippen molar-refractivity contribution >= 4 is 28.4 Å². The average Bonchev–Trinajstić information content (AvgIpc) is 2.65. The van der Waals surface area contributed by atoms with Gasteiger partial charge in [-0.2, -0.15) is 0 Å². The molecule has 0 radical (unpaired) electrons. The molecule has 4 rings (SSSR count). The maximum absolute atomic E-state index is 13.7. The summed E-state index contributed by atoms with van der Waals surface area (Å²) in [6, 6.07) is 13.9. The molecule has 2 heterocycles. The Labute approximate surface area is 162 Å². The number of piperazine rings is 1. The summed E-state index contributed by atoms with van der Waals surface area (Å²) in [6.45, 7) is 3.87. The van der Waals surface area contributed by atoms with Crippen molar-refractivity contribution in [3.05, 3.63) is 64.9 Å². The SMILES string of the molecule is CC1C(=O)NCCN1Cc1cc2ccc(F)cc2nc1-c1cccc(Cl)c1. The molecule has 0 spiro atoms. The van der Waals surface area contributed by atoms with Crippen molar-refractivity contribution in [1.82, 2.24) is 15.2 Å². The van der Waals surface area contributed by atoms with Crippen LogP contribution in [0.5, 0.6) is 0 Å². The summed E-state index contributed by atoms with van der Waals surface area (Å²) in [5, 5.41) is 4.36. The van der Waals surface area contributed by atoms with Crippen molar-refractivity contribution in [3.63, 3.8) is 0 Å². The number of fused-ring (bicyclic) bond motifs is 1. The molecule has 1 unspecified atom stereocenters. The summed E-state index contributed by atoms with van der Waals surface area (Å²) in [7, 11) is 0. The van der Waals surface area contributed by atoms with E-state index in [0.29, 0.717) is 23.6 Å². The number of aromatic nitrogens is 1. The van der Waals surface area contributed by atoms with E-state index in [4.69, 9.17) is 16.6 Å². The van der Waals surface area contributed by atoms with Gasteiger partial charge in [0, 0.05) is 41.7 Å². The molecule has 1 N–H and O–H groups in total. The predicted molar refractivity (Wildman–Crippen MR) is 105 cm³/mol. The van der Waals surface area contributed by atoms with E-state index in [1.54, 1.807) is 6.07 Å². The number of pyridine rings is 1. The third-order valence-electron chi connectivity index (χ3n) is 4.96. The number of nitrogens with zero attached hydrogens (tertiary/aromatic N) is 2. The van der Waals surface area contributed by atoms with Crippen molar-refractivity contribution in [3.8, 4) is 11.3 Å². The average molecular weight is 384 g/mol. The number of carbonyl (C=O) groups is 1. The summed E-state index contributed by atoms with van der Waals surface area (Å²) in [4.78, 5) is 18.9. The van der Waals surface area contributed by atoms with Crippen LogP contribution in [0.1, 0.15) is 12.5 Å². The molecule has 2 aromatic carbocycles. The van der Waals surface area contributed by atoms with Crippen LogP contribution in [0.3, 0.4) is 0 Å². The minimum absolute atomic E-state index is 0.0291. The van der Waals surface area contributed by atoms with Gasteiger partial charge in [-0.25, -0.2) is 9.37 Å². The van der Waals surface area contributed by atoms with Crippen LogP contribution in [0, 0.1) is 5.82 Å². The molecule has 0 aliphatic carbocycles. The van der Waals surface area contributed by atoms with Gasteiger partial charge in [0.25, 0.3) is 0 Å². The zero-order valence-corrected chi connectivity index (χ0v) is 15.6. The number of amides is 1. The van der Waals surface area contributed by atoms with E-state index < -0.39 is 0 Å². The first-order chi connectivity index (χ1) is 13.0. The number of nitrogens with one attached hydrogen (secondary N) is 1. The van der Waals surface area contributed by atoms with Crippen molar-refractivity contribution in [2.45, 2.75) is 19.5 Å². The molecule has 1 atom stereocenters. The summed E-state index contributed by atoms with van der Waals surface area (Å²) >= 11 is 6.17. The van der Waals surface area contributed by atoms with Gasteiger partial charge in [-0.05, 0) is 42.8 Å². The molecule has 4 nitrogen and oxygen atoms in total. The zero-order valence-electron chi connectivity index (χ0n) is 14.9. The molecule has 1 aliphatic heterocycles. The van der Waals surface area contributed by atoms with Gasteiger partial charge in [0.15, 0.2) is 0 Å². The highest BCUT2D eigenvalue weighted by Gasteiger charge is 2.26. The molecule has 27 heavy (non-hydrogen) atoms. The second-order valence-corrected chi connectivity index (χ2v) is 7.22. The molecule has 1 saturated heterocycles. The maximum atomic E-state index is 13.7. The molecule has 0 bridgehead atoms. The van der Waals surface area contributed by atoms with Crippen LogP contribution in [0.25, 0.3) is 22.2 Å². The summed E-state index contributed by atoms with van der Waals surface area (Å²) < 4.78 is 13.7. The lowest BCUT2D eigenvalue weighted by Gasteiger charge is -2.33. The van der Waals surface area contributed by atoms with Crippen molar-refractivity contribution in [2.24, 2.45) is 0 Å². The smallest absolute Gasteiger partial charge is 0.237 e. The molecule has 3 aromatic rings. The monoisotopic (exact) mass is 383 g/mol. The van der Waals surface area contributed by atoms with E-state index in [1.807, 2.05) is 37.3 Å². The topological polar surface area (TPSA) is 45.2 Å². The molecule has 1 fully saturated rings.